The van der Waals surface area contributed by atoms with Gasteiger partial charge in [0.25, 0.3) is 5.91 Å². The molecule has 154 valence electrons. The first-order chi connectivity index (χ1) is 13.7. The molecule has 29 heavy (non-hydrogen) atoms. The van der Waals surface area contributed by atoms with E-state index in [2.05, 4.69) is 5.32 Å². The molecule has 7 nitrogen and oxygen atoms in total. The van der Waals surface area contributed by atoms with E-state index in [0.29, 0.717) is 37.4 Å². The second-order valence-electron chi connectivity index (χ2n) is 6.93. The number of hydrogen-bond acceptors (Lipinski definition) is 5. The van der Waals surface area contributed by atoms with Crippen LogP contribution in [0.2, 0.25) is 0 Å². The third-order valence-corrected chi connectivity index (χ3v) is 5.75. The van der Waals surface area contributed by atoms with Crippen LogP contribution in [0.5, 0.6) is 0 Å². The molecule has 9 heteroatoms. The van der Waals surface area contributed by atoms with Gasteiger partial charge in [-0.25, -0.2) is 12.8 Å². The number of nitrogens with zero attached hydrogens (tertiary/aromatic N) is 2. The highest BCUT2D eigenvalue weighted by Gasteiger charge is 2.24. The molecule has 0 bridgehead atoms. The molecule has 1 N–H and O–H groups in total. The largest absolute Gasteiger partial charge is 0.336 e. The van der Waals surface area contributed by atoms with Gasteiger partial charge in [0.05, 0.1) is 11.4 Å². The molecule has 1 aliphatic rings. The molecule has 0 aliphatic carbocycles. The summed E-state index contributed by atoms with van der Waals surface area (Å²) in [5.41, 5.74) is 0.722. The molecular weight excluding hydrogens is 397 g/mol. The Kier molecular flexibility index (Phi) is 6.29. The summed E-state index contributed by atoms with van der Waals surface area (Å²) >= 11 is 0. The summed E-state index contributed by atoms with van der Waals surface area (Å²) in [6.45, 7) is 2.01. The highest BCUT2D eigenvalue weighted by atomic mass is 32.2. The van der Waals surface area contributed by atoms with Gasteiger partial charge in [0.1, 0.15) is 5.82 Å². The van der Waals surface area contributed by atoms with Crippen molar-refractivity contribution in [2.45, 2.75) is 4.90 Å². The summed E-state index contributed by atoms with van der Waals surface area (Å²) in [6.07, 6.45) is 1.10. The van der Waals surface area contributed by atoms with Crippen LogP contribution in [0, 0.1) is 5.82 Å². The zero-order valence-corrected chi connectivity index (χ0v) is 16.8. The summed E-state index contributed by atoms with van der Waals surface area (Å²) in [4.78, 5) is 28.5. The Morgan fingerprint density at radius 1 is 1.03 bits per heavy atom. The Bertz CT molecular complexity index is 1020. The van der Waals surface area contributed by atoms with Gasteiger partial charge in [0.2, 0.25) is 5.91 Å². The van der Waals surface area contributed by atoms with Gasteiger partial charge in [-0.1, -0.05) is 12.1 Å². The molecule has 1 heterocycles. The van der Waals surface area contributed by atoms with Crippen LogP contribution in [-0.2, 0) is 14.6 Å². The zero-order valence-electron chi connectivity index (χ0n) is 16.0. The third-order valence-electron chi connectivity index (χ3n) is 4.64. The third kappa shape index (κ3) is 5.61. The quantitative estimate of drug-likeness (QED) is 0.796. The van der Waals surface area contributed by atoms with Crippen molar-refractivity contribution >= 4 is 27.3 Å². The lowest BCUT2D eigenvalue weighted by atomic mass is 10.2. The molecule has 0 saturated carbocycles. The summed E-state index contributed by atoms with van der Waals surface area (Å²) < 4.78 is 36.6. The Balaban J connectivity index is 1.54. The average Bonchev–Trinajstić information content (AvgIpc) is 2.67. The van der Waals surface area contributed by atoms with Crippen LogP contribution in [0.25, 0.3) is 0 Å². The Morgan fingerprint density at radius 2 is 1.72 bits per heavy atom. The van der Waals surface area contributed by atoms with E-state index < -0.39 is 15.7 Å². The number of halogens is 1. The van der Waals surface area contributed by atoms with Crippen LogP contribution in [0.4, 0.5) is 10.1 Å². The first-order valence-electron chi connectivity index (χ1n) is 9.09. The van der Waals surface area contributed by atoms with E-state index in [-0.39, 0.29) is 23.3 Å². The molecule has 1 fully saturated rings. The molecule has 0 aromatic heterocycles. The van der Waals surface area contributed by atoms with Crippen molar-refractivity contribution in [1.29, 1.82) is 0 Å². The zero-order chi connectivity index (χ0) is 21.0. The smallest absolute Gasteiger partial charge is 0.253 e. The maximum atomic E-state index is 13.2. The van der Waals surface area contributed by atoms with Gasteiger partial charge in [-0.2, -0.15) is 0 Å². The van der Waals surface area contributed by atoms with Gasteiger partial charge < -0.3 is 10.2 Å². The minimum Gasteiger partial charge on any atom is -0.336 e. The van der Waals surface area contributed by atoms with Gasteiger partial charge in [-0.3, -0.25) is 14.5 Å². The van der Waals surface area contributed by atoms with Gasteiger partial charge in [0.15, 0.2) is 9.84 Å². The monoisotopic (exact) mass is 419 g/mol. The molecule has 1 saturated heterocycles. The number of carbonyl (C=O) groups is 2. The summed E-state index contributed by atoms with van der Waals surface area (Å²) in [7, 11) is -3.39. The fourth-order valence-electron chi connectivity index (χ4n) is 3.12. The average molecular weight is 419 g/mol. The lowest BCUT2D eigenvalue weighted by Crippen LogP contribution is -2.50. The van der Waals surface area contributed by atoms with Crippen molar-refractivity contribution < 1.29 is 22.4 Å². The van der Waals surface area contributed by atoms with E-state index in [9.17, 15) is 22.4 Å². The van der Waals surface area contributed by atoms with Crippen LogP contribution in [0.15, 0.2) is 53.4 Å². The molecule has 0 spiro atoms. The molecule has 3 rings (SSSR count). The summed E-state index contributed by atoms with van der Waals surface area (Å²) in [5, 5.41) is 2.65. The normalized spacial score (nSPS) is 15.2. The first-order valence-corrected chi connectivity index (χ1v) is 11.0. The van der Waals surface area contributed by atoms with Gasteiger partial charge in [0, 0.05) is 43.7 Å². The minimum atomic E-state index is -3.39. The number of piperazine rings is 1. The fraction of sp³-hybridized carbons (Fsp3) is 0.300. The molecule has 1 aliphatic heterocycles. The Hall–Kier alpha value is -2.78. The number of anilines is 1. The standard InChI is InChI=1S/C20H22FN3O4S/c1-29(27,28)18-7-2-4-15(12-18)20(26)24-10-8-23(9-11-24)14-19(25)22-17-6-3-5-16(21)13-17/h2-7,12-13H,8-11,14H2,1H3,(H,22,25). The fourth-order valence-corrected chi connectivity index (χ4v) is 3.79. The Labute approximate surface area is 169 Å². The molecule has 2 amide bonds. The van der Waals surface area contributed by atoms with Crippen LogP contribution in [-0.4, -0.2) is 69.0 Å². The number of amides is 2. The predicted molar refractivity (Wildman–Crippen MR) is 107 cm³/mol. The van der Waals surface area contributed by atoms with Gasteiger partial charge >= 0.3 is 0 Å². The predicted octanol–water partition coefficient (Wildman–Crippen LogP) is 1.63. The van der Waals surface area contributed by atoms with Crippen LogP contribution in [0.3, 0.4) is 0 Å². The molecular formula is C20H22FN3O4S. The highest BCUT2D eigenvalue weighted by molar-refractivity contribution is 7.90. The van der Waals surface area contributed by atoms with Crippen LogP contribution in [0.1, 0.15) is 10.4 Å². The van der Waals surface area contributed by atoms with E-state index in [1.807, 2.05) is 4.90 Å². The number of hydrogen-bond donors (Lipinski definition) is 1. The number of carbonyl (C=O) groups excluding carboxylic acids is 2. The van der Waals surface area contributed by atoms with E-state index in [1.54, 1.807) is 23.1 Å². The molecule has 0 atom stereocenters. The van der Waals surface area contributed by atoms with Gasteiger partial charge in [-0.05, 0) is 36.4 Å². The van der Waals surface area contributed by atoms with E-state index in [0.717, 1.165) is 6.26 Å². The van der Waals surface area contributed by atoms with Crippen LogP contribution >= 0.6 is 0 Å². The second-order valence-corrected chi connectivity index (χ2v) is 8.94. The van der Waals surface area contributed by atoms with Crippen molar-refractivity contribution in [2.75, 3.05) is 44.3 Å². The van der Waals surface area contributed by atoms with Crippen molar-refractivity contribution in [3.63, 3.8) is 0 Å². The SMILES string of the molecule is CS(=O)(=O)c1cccc(C(=O)N2CCN(CC(=O)Nc3cccc(F)c3)CC2)c1. The number of rotatable bonds is 5. The maximum absolute atomic E-state index is 13.2. The topological polar surface area (TPSA) is 86.8 Å². The first kappa shape index (κ1) is 20.9. The number of benzene rings is 2. The lowest BCUT2D eigenvalue weighted by molar-refractivity contribution is -0.117. The summed E-state index contributed by atoms with van der Waals surface area (Å²) in [6, 6.07) is 11.7. The lowest BCUT2D eigenvalue weighted by Gasteiger charge is -2.34. The highest BCUT2D eigenvalue weighted by Crippen LogP contribution is 2.15. The van der Waals surface area contributed by atoms with Gasteiger partial charge in [-0.15, -0.1) is 0 Å². The minimum absolute atomic E-state index is 0.107. The molecule has 2 aromatic rings. The van der Waals surface area contributed by atoms with E-state index >= 15 is 0 Å². The van der Waals surface area contributed by atoms with Crippen molar-refractivity contribution in [2.24, 2.45) is 0 Å². The molecule has 0 radical (unpaired) electrons. The number of nitrogens with one attached hydrogen (secondary N) is 1. The molecule has 0 unspecified atom stereocenters. The van der Waals surface area contributed by atoms with Crippen molar-refractivity contribution in [1.82, 2.24) is 9.80 Å². The summed E-state index contributed by atoms with van der Waals surface area (Å²) in [5.74, 6) is -0.912. The van der Waals surface area contributed by atoms with E-state index in [4.69, 9.17) is 0 Å². The number of sulfone groups is 1. The van der Waals surface area contributed by atoms with Crippen molar-refractivity contribution in [3.05, 3.63) is 59.9 Å². The van der Waals surface area contributed by atoms with E-state index in [1.165, 1.54) is 30.3 Å². The van der Waals surface area contributed by atoms with Crippen molar-refractivity contribution in [3.8, 4) is 0 Å². The molecule has 2 aromatic carbocycles. The Morgan fingerprint density at radius 3 is 2.38 bits per heavy atom. The maximum Gasteiger partial charge on any atom is 0.253 e. The van der Waals surface area contributed by atoms with Crippen LogP contribution < -0.4 is 5.32 Å². The second kappa shape index (κ2) is 8.71.